The fraction of sp³-hybridized carbons (Fsp3) is 0.167. The number of fused-ring (bicyclic) bond motifs is 1. The number of nitrogens with one attached hydrogen (secondary N) is 1. The van der Waals surface area contributed by atoms with Gasteiger partial charge in [-0.25, -0.2) is 0 Å². The van der Waals surface area contributed by atoms with Gasteiger partial charge in [0.2, 0.25) is 0 Å². The molecule has 1 heterocycles. The van der Waals surface area contributed by atoms with Crippen LogP contribution in [-0.4, -0.2) is 15.0 Å². The number of benzene rings is 1. The molecular weight excluding hydrogens is 252 g/mol. The Bertz CT molecular complexity index is 823. The van der Waals surface area contributed by atoms with E-state index in [0.717, 1.165) is 5.56 Å². The molecule has 19 heavy (non-hydrogen) atoms. The van der Waals surface area contributed by atoms with Crippen LogP contribution < -0.4 is 11.0 Å². The Labute approximate surface area is 106 Å². The Morgan fingerprint density at radius 1 is 1.26 bits per heavy atom. The second kappa shape index (κ2) is 4.20. The van der Waals surface area contributed by atoms with E-state index in [2.05, 4.69) is 4.98 Å². The van der Waals surface area contributed by atoms with Crippen molar-refractivity contribution in [3.8, 4) is 5.75 Å². The molecule has 2 aromatic rings. The summed E-state index contributed by atoms with van der Waals surface area (Å²) in [6.07, 6.45) is 0. The minimum atomic E-state index is -1.18. The third kappa shape index (κ3) is 1.95. The van der Waals surface area contributed by atoms with Crippen LogP contribution in [0.25, 0.3) is 10.9 Å². The SMILES string of the molecule is Cc1cc(C)c2c(=O)c([N+](=O)[O-])c(O)c(=O)[nH]c2c1. The summed E-state index contributed by atoms with van der Waals surface area (Å²) in [4.78, 5) is 35.8. The molecule has 0 atom stereocenters. The van der Waals surface area contributed by atoms with Crippen molar-refractivity contribution in [1.82, 2.24) is 4.98 Å². The third-order valence-electron chi connectivity index (χ3n) is 2.79. The van der Waals surface area contributed by atoms with Crippen molar-refractivity contribution < 1.29 is 10.0 Å². The molecule has 0 unspecified atom stereocenters. The normalized spacial score (nSPS) is 10.6. The molecule has 0 aliphatic heterocycles. The number of aryl methyl sites for hydroxylation is 2. The first kappa shape index (κ1) is 12.7. The summed E-state index contributed by atoms with van der Waals surface area (Å²) in [5, 5.41) is 20.4. The molecule has 0 aliphatic carbocycles. The van der Waals surface area contributed by atoms with E-state index in [0.29, 0.717) is 5.56 Å². The topological polar surface area (TPSA) is 113 Å². The predicted octanol–water partition coefficient (Wildman–Crippen LogP) is 1.12. The number of H-pyrrole nitrogens is 1. The minimum Gasteiger partial charge on any atom is -0.498 e. The minimum absolute atomic E-state index is 0.0229. The van der Waals surface area contributed by atoms with E-state index in [-0.39, 0.29) is 10.9 Å². The average Bonchev–Trinajstić information content (AvgIpc) is 2.34. The second-order valence-electron chi connectivity index (χ2n) is 4.24. The maximum Gasteiger partial charge on any atom is 0.364 e. The second-order valence-corrected chi connectivity index (χ2v) is 4.24. The van der Waals surface area contributed by atoms with E-state index in [1.165, 1.54) is 6.07 Å². The Morgan fingerprint density at radius 2 is 1.89 bits per heavy atom. The first-order valence-electron chi connectivity index (χ1n) is 5.38. The van der Waals surface area contributed by atoms with E-state index in [1.54, 1.807) is 19.9 Å². The van der Waals surface area contributed by atoms with Crippen LogP contribution in [0, 0.1) is 24.0 Å². The molecule has 7 heteroatoms. The Balaban J connectivity index is 3.24. The van der Waals surface area contributed by atoms with Gasteiger partial charge in [0.15, 0.2) is 0 Å². The molecule has 0 saturated carbocycles. The highest BCUT2D eigenvalue weighted by molar-refractivity contribution is 5.84. The van der Waals surface area contributed by atoms with Crippen molar-refractivity contribution in [3.05, 3.63) is 54.0 Å². The zero-order valence-corrected chi connectivity index (χ0v) is 10.2. The van der Waals surface area contributed by atoms with E-state index >= 15 is 0 Å². The van der Waals surface area contributed by atoms with Gasteiger partial charge >= 0.3 is 5.69 Å². The molecule has 0 radical (unpaired) electrons. The van der Waals surface area contributed by atoms with Crippen LogP contribution in [-0.2, 0) is 0 Å². The Kier molecular flexibility index (Phi) is 2.82. The van der Waals surface area contributed by atoms with E-state index in [4.69, 9.17) is 0 Å². The molecule has 2 N–H and O–H groups in total. The highest BCUT2D eigenvalue weighted by Crippen LogP contribution is 2.20. The fourth-order valence-corrected chi connectivity index (χ4v) is 2.05. The van der Waals surface area contributed by atoms with Crippen LogP contribution in [0.1, 0.15) is 11.1 Å². The first-order valence-corrected chi connectivity index (χ1v) is 5.38. The number of hydrogen-bond donors (Lipinski definition) is 2. The van der Waals surface area contributed by atoms with E-state index in [9.17, 15) is 24.8 Å². The van der Waals surface area contributed by atoms with Gasteiger partial charge in [0, 0.05) is 0 Å². The maximum atomic E-state index is 12.1. The van der Waals surface area contributed by atoms with Crippen molar-refractivity contribution in [2.75, 3.05) is 0 Å². The summed E-state index contributed by atoms with van der Waals surface area (Å²) in [5.41, 5.74) is -1.71. The van der Waals surface area contributed by atoms with Crippen molar-refractivity contribution in [3.63, 3.8) is 0 Å². The lowest BCUT2D eigenvalue weighted by Crippen LogP contribution is -2.09. The molecule has 0 spiro atoms. The third-order valence-corrected chi connectivity index (χ3v) is 2.79. The molecular formula is C12H10N2O5. The number of nitrogens with zero attached hydrogens (tertiary/aromatic N) is 1. The van der Waals surface area contributed by atoms with Crippen molar-refractivity contribution >= 4 is 16.6 Å². The van der Waals surface area contributed by atoms with Gasteiger partial charge in [-0.2, -0.15) is 0 Å². The van der Waals surface area contributed by atoms with E-state index < -0.39 is 27.3 Å². The molecule has 7 nitrogen and oxygen atoms in total. The van der Waals surface area contributed by atoms with Crippen LogP contribution in [0.3, 0.4) is 0 Å². The average molecular weight is 262 g/mol. The van der Waals surface area contributed by atoms with Crippen LogP contribution in [0.5, 0.6) is 5.75 Å². The van der Waals surface area contributed by atoms with Gasteiger partial charge in [0.05, 0.1) is 15.8 Å². The van der Waals surface area contributed by atoms with Gasteiger partial charge in [-0.15, -0.1) is 0 Å². The Hall–Kier alpha value is -2.70. The summed E-state index contributed by atoms with van der Waals surface area (Å²) in [7, 11) is 0. The van der Waals surface area contributed by atoms with Gasteiger partial charge in [-0.05, 0) is 31.0 Å². The van der Waals surface area contributed by atoms with Gasteiger partial charge in [0.1, 0.15) is 0 Å². The standard InChI is InChI=1S/C12H10N2O5/c1-5-3-6(2)8-7(4-5)13-12(17)11(16)9(10(8)15)14(18)19/h3-4,16H,1-2H3,(H,13,17). The smallest absolute Gasteiger partial charge is 0.364 e. The summed E-state index contributed by atoms with van der Waals surface area (Å²) >= 11 is 0. The predicted molar refractivity (Wildman–Crippen MR) is 68.6 cm³/mol. The van der Waals surface area contributed by atoms with Gasteiger partial charge in [0.25, 0.3) is 16.7 Å². The lowest BCUT2D eigenvalue weighted by atomic mass is 10.1. The number of hydrogen-bond acceptors (Lipinski definition) is 5. The van der Waals surface area contributed by atoms with Crippen LogP contribution in [0.2, 0.25) is 0 Å². The molecule has 0 aliphatic rings. The molecule has 1 aromatic carbocycles. The quantitative estimate of drug-likeness (QED) is 0.590. The Morgan fingerprint density at radius 3 is 2.47 bits per heavy atom. The van der Waals surface area contributed by atoms with Gasteiger partial charge in [-0.3, -0.25) is 19.7 Å². The van der Waals surface area contributed by atoms with Crippen LogP contribution in [0.4, 0.5) is 5.69 Å². The number of aromatic amines is 1. The number of nitro groups is 1. The van der Waals surface area contributed by atoms with Crippen molar-refractivity contribution in [1.29, 1.82) is 0 Å². The van der Waals surface area contributed by atoms with Gasteiger partial charge < -0.3 is 10.1 Å². The summed E-state index contributed by atoms with van der Waals surface area (Å²) in [5.74, 6) is -1.18. The summed E-state index contributed by atoms with van der Waals surface area (Å²) < 4.78 is 0. The molecule has 98 valence electrons. The molecule has 2 rings (SSSR count). The molecule has 0 fully saturated rings. The van der Waals surface area contributed by atoms with Gasteiger partial charge in [-0.1, -0.05) is 6.07 Å². The summed E-state index contributed by atoms with van der Waals surface area (Å²) in [6, 6.07) is 3.19. The molecule has 0 amide bonds. The molecule has 0 bridgehead atoms. The molecule has 1 aromatic heterocycles. The van der Waals surface area contributed by atoms with E-state index in [1.807, 2.05) is 0 Å². The van der Waals surface area contributed by atoms with Crippen LogP contribution in [0.15, 0.2) is 21.7 Å². The highest BCUT2D eigenvalue weighted by atomic mass is 16.6. The zero-order valence-electron chi connectivity index (χ0n) is 10.2. The lowest BCUT2D eigenvalue weighted by molar-refractivity contribution is -0.386. The monoisotopic (exact) mass is 262 g/mol. The summed E-state index contributed by atoms with van der Waals surface area (Å²) in [6.45, 7) is 3.37. The lowest BCUT2D eigenvalue weighted by Gasteiger charge is -1.99. The zero-order chi connectivity index (χ0) is 14.3. The molecule has 0 saturated heterocycles. The highest BCUT2D eigenvalue weighted by Gasteiger charge is 2.23. The number of aromatic nitrogens is 1. The largest absolute Gasteiger partial charge is 0.498 e. The maximum absolute atomic E-state index is 12.1. The van der Waals surface area contributed by atoms with Crippen molar-refractivity contribution in [2.45, 2.75) is 13.8 Å². The fourth-order valence-electron chi connectivity index (χ4n) is 2.05. The number of aromatic hydroxyl groups is 1. The first-order chi connectivity index (χ1) is 8.82. The van der Waals surface area contributed by atoms with Crippen molar-refractivity contribution in [2.24, 2.45) is 0 Å². The van der Waals surface area contributed by atoms with Crippen LogP contribution >= 0.6 is 0 Å². The number of rotatable bonds is 1.